The zero-order chi connectivity index (χ0) is 14.4. The number of imidazole rings is 1. The first-order valence-electron chi connectivity index (χ1n) is 6.58. The predicted octanol–water partition coefficient (Wildman–Crippen LogP) is 1.65. The maximum atomic E-state index is 11.6. The lowest BCUT2D eigenvalue weighted by Gasteiger charge is -2.11. The number of nitrogens with one attached hydrogen (secondary N) is 2. The normalized spacial score (nSPS) is 9.55. The molecule has 8 heteroatoms. The standard InChI is InChI=1S/C14H19N5O.2ClH/c1-11-16-8-9-19(11)14-12(4-3-6-17-14)10-18-13(20)5-7-15-2;;/h3-4,6,8-9,15H,5,7,10H2,1-2H3,(H,18,20);2*1H. The van der Waals surface area contributed by atoms with E-state index in [2.05, 4.69) is 20.6 Å². The summed E-state index contributed by atoms with van der Waals surface area (Å²) in [7, 11) is 1.83. The lowest BCUT2D eigenvalue weighted by atomic mass is 10.2. The van der Waals surface area contributed by atoms with Gasteiger partial charge in [0, 0.05) is 43.7 Å². The molecule has 2 rings (SSSR count). The Balaban J connectivity index is 0.00000220. The molecule has 2 aromatic heterocycles. The SMILES string of the molecule is CNCCC(=O)NCc1cccnc1-n1ccnc1C.Cl.Cl. The fourth-order valence-electron chi connectivity index (χ4n) is 1.91. The third kappa shape index (κ3) is 5.29. The van der Waals surface area contributed by atoms with Gasteiger partial charge in [-0.1, -0.05) is 6.07 Å². The van der Waals surface area contributed by atoms with Crippen molar-refractivity contribution in [2.45, 2.75) is 19.9 Å². The molecule has 0 spiro atoms. The minimum Gasteiger partial charge on any atom is -0.352 e. The average Bonchev–Trinajstić information content (AvgIpc) is 2.89. The maximum absolute atomic E-state index is 11.6. The Morgan fingerprint density at radius 1 is 1.27 bits per heavy atom. The summed E-state index contributed by atoms with van der Waals surface area (Å²) in [6.45, 7) is 3.06. The van der Waals surface area contributed by atoms with Crippen LogP contribution in [0.5, 0.6) is 0 Å². The summed E-state index contributed by atoms with van der Waals surface area (Å²) in [5.41, 5.74) is 0.964. The molecule has 122 valence electrons. The van der Waals surface area contributed by atoms with Gasteiger partial charge >= 0.3 is 0 Å². The Hall–Kier alpha value is -1.63. The lowest BCUT2D eigenvalue weighted by Crippen LogP contribution is -2.26. The molecule has 2 N–H and O–H groups in total. The Kier molecular flexibility index (Phi) is 9.40. The van der Waals surface area contributed by atoms with E-state index in [9.17, 15) is 4.79 Å². The molecule has 0 fully saturated rings. The zero-order valence-electron chi connectivity index (χ0n) is 12.6. The molecule has 0 aliphatic carbocycles. The van der Waals surface area contributed by atoms with Gasteiger partial charge in [-0.15, -0.1) is 24.8 Å². The van der Waals surface area contributed by atoms with Crippen molar-refractivity contribution in [2.24, 2.45) is 0 Å². The van der Waals surface area contributed by atoms with Gasteiger partial charge in [-0.2, -0.15) is 0 Å². The number of hydrogen-bond donors (Lipinski definition) is 2. The van der Waals surface area contributed by atoms with Crippen molar-refractivity contribution in [3.63, 3.8) is 0 Å². The molecule has 0 atom stereocenters. The van der Waals surface area contributed by atoms with Gasteiger partial charge in [0.15, 0.2) is 0 Å². The Morgan fingerprint density at radius 3 is 2.68 bits per heavy atom. The molecule has 0 aromatic carbocycles. The van der Waals surface area contributed by atoms with E-state index in [0.29, 0.717) is 19.5 Å². The number of carbonyl (C=O) groups excluding carboxylic acids is 1. The highest BCUT2D eigenvalue weighted by Crippen LogP contribution is 2.12. The van der Waals surface area contributed by atoms with Crippen molar-refractivity contribution in [1.29, 1.82) is 0 Å². The quantitative estimate of drug-likeness (QED) is 0.834. The monoisotopic (exact) mass is 345 g/mol. The van der Waals surface area contributed by atoms with Crippen LogP contribution in [0.2, 0.25) is 0 Å². The first kappa shape index (κ1) is 20.4. The molecule has 6 nitrogen and oxygen atoms in total. The summed E-state index contributed by atoms with van der Waals surface area (Å²) in [5.74, 6) is 1.69. The van der Waals surface area contributed by atoms with E-state index >= 15 is 0 Å². The van der Waals surface area contributed by atoms with E-state index in [1.165, 1.54) is 0 Å². The van der Waals surface area contributed by atoms with Gasteiger partial charge in [0.25, 0.3) is 0 Å². The minimum absolute atomic E-state index is 0. The molecule has 2 heterocycles. The van der Waals surface area contributed by atoms with Crippen LogP contribution in [0.25, 0.3) is 5.82 Å². The van der Waals surface area contributed by atoms with Crippen molar-refractivity contribution < 1.29 is 4.79 Å². The van der Waals surface area contributed by atoms with E-state index in [4.69, 9.17) is 0 Å². The van der Waals surface area contributed by atoms with Crippen molar-refractivity contribution in [2.75, 3.05) is 13.6 Å². The number of aryl methyl sites for hydroxylation is 1. The van der Waals surface area contributed by atoms with Crippen molar-refractivity contribution in [1.82, 2.24) is 25.2 Å². The molecule has 0 bridgehead atoms. The van der Waals surface area contributed by atoms with Gasteiger partial charge in [-0.3, -0.25) is 9.36 Å². The molecule has 0 saturated carbocycles. The Morgan fingerprint density at radius 2 is 2.05 bits per heavy atom. The molecule has 22 heavy (non-hydrogen) atoms. The molecule has 0 aliphatic heterocycles. The smallest absolute Gasteiger partial charge is 0.221 e. The number of aromatic nitrogens is 3. The van der Waals surface area contributed by atoms with Gasteiger partial charge in [0.05, 0.1) is 0 Å². The highest BCUT2D eigenvalue weighted by Gasteiger charge is 2.09. The van der Waals surface area contributed by atoms with Gasteiger partial charge in [-0.25, -0.2) is 9.97 Å². The largest absolute Gasteiger partial charge is 0.352 e. The fraction of sp³-hybridized carbons (Fsp3) is 0.357. The summed E-state index contributed by atoms with van der Waals surface area (Å²) in [4.78, 5) is 20.2. The van der Waals surface area contributed by atoms with Crippen molar-refractivity contribution in [3.05, 3.63) is 42.1 Å². The minimum atomic E-state index is 0. The fourth-order valence-corrected chi connectivity index (χ4v) is 1.91. The Bertz CT molecular complexity index is 588. The summed E-state index contributed by atoms with van der Waals surface area (Å²) < 4.78 is 1.91. The average molecular weight is 346 g/mol. The number of pyridine rings is 1. The van der Waals surface area contributed by atoms with Crippen LogP contribution >= 0.6 is 24.8 Å². The summed E-state index contributed by atoms with van der Waals surface area (Å²) in [5, 5.41) is 5.86. The van der Waals surface area contributed by atoms with Crippen molar-refractivity contribution >= 4 is 30.7 Å². The van der Waals surface area contributed by atoms with E-state index in [1.54, 1.807) is 12.4 Å². The molecule has 0 unspecified atom stereocenters. The van der Waals surface area contributed by atoms with E-state index in [0.717, 1.165) is 17.2 Å². The number of nitrogens with zero attached hydrogens (tertiary/aromatic N) is 3. The van der Waals surface area contributed by atoms with Crippen molar-refractivity contribution in [3.8, 4) is 5.82 Å². The van der Waals surface area contributed by atoms with E-state index in [-0.39, 0.29) is 30.7 Å². The second-order valence-corrected chi connectivity index (χ2v) is 4.46. The molecule has 0 radical (unpaired) electrons. The zero-order valence-corrected chi connectivity index (χ0v) is 14.2. The maximum Gasteiger partial charge on any atom is 0.221 e. The highest BCUT2D eigenvalue weighted by molar-refractivity contribution is 5.85. The van der Waals surface area contributed by atoms with Crippen LogP contribution in [0.15, 0.2) is 30.7 Å². The van der Waals surface area contributed by atoms with Gasteiger partial charge in [0.1, 0.15) is 11.6 Å². The second kappa shape index (κ2) is 10.2. The number of halogens is 2. The van der Waals surface area contributed by atoms with Crippen LogP contribution < -0.4 is 10.6 Å². The second-order valence-electron chi connectivity index (χ2n) is 4.46. The third-order valence-corrected chi connectivity index (χ3v) is 3.00. The van der Waals surface area contributed by atoms with Gasteiger partial charge < -0.3 is 10.6 Å². The Labute approximate surface area is 142 Å². The van der Waals surface area contributed by atoms with Crippen LogP contribution in [-0.2, 0) is 11.3 Å². The van der Waals surface area contributed by atoms with Crippen LogP contribution in [-0.4, -0.2) is 34.0 Å². The molecule has 0 aliphatic rings. The number of rotatable bonds is 6. The van der Waals surface area contributed by atoms with Crippen LogP contribution in [0.4, 0.5) is 0 Å². The lowest BCUT2D eigenvalue weighted by molar-refractivity contribution is -0.121. The third-order valence-electron chi connectivity index (χ3n) is 3.00. The molecular weight excluding hydrogens is 325 g/mol. The highest BCUT2D eigenvalue weighted by atomic mass is 35.5. The molecule has 1 amide bonds. The summed E-state index contributed by atoms with van der Waals surface area (Å²) >= 11 is 0. The van der Waals surface area contributed by atoms with Crippen LogP contribution in [0.3, 0.4) is 0 Å². The number of carbonyl (C=O) groups is 1. The van der Waals surface area contributed by atoms with E-state index in [1.807, 2.05) is 36.9 Å². The molecule has 0 saturated heterocycles. The number of hydrogen-bond acceptors (Lipinski definition) is 4. The van der Waals surface area contributed by atoms with E-state index < -0.39 is 0 Å². The predicted molar refractivity (Wildman–Crippen MR) is 91.0 cm³/mol. The van der Waals surface area contributed by atoms with Gasteiger partial charge in [0.2, 0.25) is 5.91 Å². The number of amides is 1. The first-order chi connectivity index (χ1) is 9.72. The topological polar surface area (TPSA) is 71.8 Å². The first-order valence-corrected chi connectivity index (χ1v) is 6.58. The van der Waals surface area contributed by atoms with Crippen LogP contribution in [0.1, 0.15) is 17.8 Å². The summed E-state index contributed by atoms with van der Waals surface area (Å²) in [6.07, 6.45) is 5.81. The summed E-state index contributed by atoms with van der Waals surface area (Å²) in [6, 6.07) is 3.82. The molecular formula is C14H21Cl2N5O. The molecule has 2 aromatic rings. The van der Waals surface area contributed by atoms with Gasteiger partial charge in [-0.05, 0) is 20.0 Å². The van der Waals surface area contributed by atoms with Crippen LogP contribution in [0, 0.1) is 6.92 Å².